The molecule has 3 aromatic rings. The minimum absolute atomic E-state index is 0.115. The van der Waals surface area contributed by atoms with Gasteiger partial charge >= 0.3 is 0 Å². The van der Waals surface area contributed by atoms with E-state index in [9.17, 15) is 5.26 Å². The van der Waals surface area contributed by atoms with Crippen molar-refractivity contribution >= 4 is 49.1 Å². The number of fused-ring (bicyclic) bond motifs is 1. The lowest BCUT2D eigenvalue weighted by atomic mass is 10.1. The molecule has 2 heterocycles. The highest BCUT2D eigenvalue weighted by Gasteiger charge is 2.22. The van der Waals surface area contributed by atoms with Crippen LogP contribution in [0.15, 0.2) is 34.9 Å². The first kappa shape index (κ1) is 13.4. The Morgan fingerprint density at radius 2 is 2.10 bits per heavy atom. The molecule has 98 valence electrons. The van der Waals surface area contributed by atoms with E-state index in [1.165, 1.54) is 11.3 Å². The molecule has 0 fully saturated rings. The summed E-state index contributed by atoms with van der Waals surface area (Å²) in [4.78, 5) is 12.5. The van der Waals surface area contributed by atoms with Crippen LogP contribution in [-0.2, 0) is 0 Å². The van der Waals surface area contributed by atoms with Gasteiger partial charge in [-0.05, 0) is 39.7 Å². The summed E-state index contributed by atoms with van der Waals surface area (Å²) in [5, 5.41) is 10.3. The fourth-order valence-electron chi connectivity index (χ4n) is 1.81. The van der Waals surface area contributed by atoms with Crippen LogP contribution in [0.1, 0.15) is 16.6 Å². The van der Waals surface area contributed by atoms with Gasteiger partial charge in [-0.2, -0.15) is 5.26 Å². The van der Waals surface area contributed by atoms with Crippen molar-refractivity contribution in [3.8, 4) is 6.07 Å². The third-order valence-electron chi connectivity index (χ3n) is 2.70. The first-order chi connectivity index (χ1) is 9.69. The maximum Gasteiger partial charge on any atom is 0.222 e. The molecule has 20 heavy (non-hydrogen) atoms. The largest absolute Gasteiger partial charge is 0.239 e. The molecule has 0 aliphatic carbocycles. The molecular formula is C13H6BrClN4S. The summed E-state index contributed by atoms with van der Waals surface area (Å²) in [5.74, 6) is -0.567. The Morgan fingerprint density at radius 3 is 2.85 bits per heavy atom. The second-order valence-electron chi connectivity index (χ2n) is 3.95. The summed E-state index contributed by atoms with van der Waals surface area (Å²) >= 11 is 10.7. The summed E-state index contributed by atoms with van der Waals surface area (Å²) in [7, 11) is 0. The Morgan fingerprint density at radius 1 is 1.30 bits per heavy atom. The lowest BCUT2D eigenvalue weighted by Gasteiger charge is -2.07. The summed E-state index contributed by atoms with van der Waals surface area (Å²) < 4.78 is 1.69. The Labute approximate surface area is 132 Å². The fraction of sp³-hybridized carbons (Fsp3) is 0.0769. The van der Waals surface area contributed by atoms with Crippen molar-refractivity contribution in [1.82, 2.24) is 15.0 Å². The van der Waals surface area contributed by atoms with Crippen LogP contribution in [0.25, 0.3) is 10.2 Å². The van der Waals surface area contributed by atoms with Crippen LogP contribution >= 0.6 is 38.9 Å². The second-order valence-corrected chi connectivity index (χ2v) is 6.21. The van der Waals surface area contributed by atoms with Gasteiger partial charge in [0.2, 0.25) is 5.28 Å². The molecular weight excluding hydrogens is 360 g/mol. The molecule has 1 atom stereocenters. The van der Waals surface area contributed by atoms with Gasteiger partial charge in [-0.3, -0.25) is 0 Å². The number of rotatable bonds is 2. The van der Waals surface area contributed by atoms with E-state index in [0.29, 0.717) is 15.2 Å². The van der Waals surface area contributed by atoms with Crippen LogP contribution < -0.4 is 0 Å². The standard InChI is InChI=1S/C13H6BrClN4S/c14-8-6-17-13(15)19-11(8)7(5-16)12-18-9-3-1-2-4-10(9)20-12/h1-4,6-7H. The molecule has 3 rings (SSSR count). The number of aromatic nitrogens is 3. The third-order valence-corrected chi connectivity index (χ3v) is 4.60. The lowest BCUT2D eigenvalue weighted by Crippen LogP contribution is -2.03. The molecule has 2 aromatic heterocycles. The number of halogens is 2. The summed E-state index contributed by atoms with van der Waals surface area (Å²) in [6.07, 6.45) is 1.54. The minimum atomic E-state index is -0.567. The van der Waals surface area contributed by atoms with Crippen LogP contribution in [-0.4, -0.2) is 15.0 Å². The summed E-state index contributed by atoms with van der Waals surface area (Å²) in [6, 6.07) is 10.0. The number of para-hydroxylation sites is 1. The van der Waals surface area contributed by atoms with Crippen LogP contribution in [0, 0.1) is 11.3 Å². The normalized spacial score (nSPS) is 12.2. The molecule has 0 spiro atoms. The average molecular weight is 366 g/mol. The quantitative estimate of drug-likeness (QED) is 0.640. The lowest BCUT2D eigenvalue weighted by molar-refractivity contribution is 0.923. The van der Waals surface area contributed by atoms with E-state index in [4.69, 9.17) is 11.6 Å². The summed E-state index contributed by atoms with van der Waals surface area (Å²) in [5.41, 5.74) is 1.41. The highest BCUT2D eigenvalue weighted by molar-refractivity contribution is 9.10. The Hall–Kier alpha value is -1.55. The summed E-state index contributed by atoms with van der Waals surface area (Å²) in [6.45, 7) is 0. The van der Waals surface area contributed by atoms with Crippen molar-refractivity contribution in [3.63, 3.8) is 0 Å². The highest BCUT2D eigenvalue weighted by Crippen LogP contribution is 2.33. The molecule has 1 aromatic carbocycles. The maximum absolute atomic E-state index is 9.47. The van der Waals surface area contributed by atoms with Gasteiger partial charge in [0, 0.05) is 6.20 Å². The zero-order chi connectivity index (χ0) is 14.1. The van der Waals surface area contributed by atoms with Crippen LogP contribution in [0.3, 0.4) is 0 Å². The maximum atomic E-state index is 9.47. The molecule has 1 unspecified atom stereocenters. The van der Waals surface area contributed by atoms with Gasteiger partial charge in [0.1, 0.15) is 10.9 Å². The van der Waals surface area contributed by atoms with E-state index >= 15 is 0 Å². The van der Waals surface area contributed by atoms with Gasteiger partial charge in [-0.15, -0.1) is 11.3 Å². The first-order valence-electron chi connectivity index (χ1n) is 5.62. The van der Waals surface area contributed by atoms with Crippen molar-refractivity contribution in [2.75, 3.05) is 0 Å². The van der Waals surface area contributed by atoms with Gasteiger partial charge in [0.15, 0.2) is 0 Å². The zero-order valence-electron chi connectivity index (χ0n) is 9.92. The molecule has 0 radical (unpaired) electrons. The average Bonchev–Trinajstić information content (AvgIpc) is 2.87. The SMILES string of the molecule is N#CC(c1nc2ccccc2s1)c1nc(Cl)ncc1Br. The van der Waals surface area contributed by atoms with E-state index in [1.54, 1.807) is 6.20 Å². The predicted molar refractivity (Wildman–Crippen MR) is 81.8 cm³/mol. The molecule has 0 aliphatic heterocycles. The highest BCUT2D eigenvalue weighted by atomic mass is 79.9. The third kappa shape index (κ3) is 2.40. The number of nitrogens with zero attached hydrogens (tertiary/aromatic N) is 4. The van der Waals surface area contributed by atoms with Gasteiger partial charge in [0.25, 0.3) is 0 Å². The van der Waals surface area contributed by atoms with Gasteiger partial charge in [-0.1, -0.05) is 12.1 Å². The van der Waals surface area contributed by atoms with Crippen molar-refractivity contribution < 1.29 is 0 Å². The zero-order valence-corrected chi connectivity index (χ0v) is 13.1. The number of thiazole rings is 1. The molecule has 0 amide bonds. The van der Waals surface area contributed by atoms with Crippen molar-refractivity contribution in [2.45, 2.75) is 5.92 Å². The number of hydrogen-bond acceptors (Lipinski definition) is 5. The number of nitriles is 1. The van der Waals surface area contributed by atoms with Crippen molar-refractivity contribution in [2.24, 2.45) is 0 Å². The van der Waals surface area contributed by atoms with E-state index in [-0.39, 0.29) is 5.28 Å². The number of benzene rings is 1. The van der Waals surface area contributed by atoms with E-state index in [2.05, 4.69) is 37.0 Å². The second kappa shape index (κ2) is 5.44. The molecule has 0 saturated heterocycles. The molecule has 0 N–H and O–H groups in total. The fourth-order valence-corrected chi connectivity index (χ4v) is 3.38. The van der Waals surface area contributed by atoms with Gasteiger partial charge in [0.05, 0.1) is 26.5 Å². The monoisotopic (exact) mass is 364 g/mol. The molecule has 7 heteroatoms. The van der Waals surface area contributed by atoms with Crippen molar-refractivity contribution in [3.05, 3.63) is 50.9 Å². The number of hydrogen-bond donors (Lipinski definition) is 0. The van der Waals surface area contributed by atoms with Crippen LogP contribution in [0.5, 0.6) is 0 Å². The Bertz CT molecular complexity index is 794. The minimum Gasteiger partial charge on any atom is -0.239 e. The van der Waals surface area contributed by atoms with Gasteiger partial charge < -0.3 is 0 Å². The molecule has 0 bridgehead atoms. The van der Waals surface area contributed by atoms with Crippen LogP contribution in [0.2, 0.25) is 5.28 Å². The topological polar surface area (TPSA) is 62.5 Å². The van der Waals surface area contributed by atoms with Crippen LogP contribution in [0.4, 0.5) is 0 Å². The predicted octanol–water partition coefficient (Wildman–Crippen LogP) is 4.16. The van der Waals surface area contributed by atoms with E-state index < -0.39 is 5.92 Å². The van der Waals surface area contributed by atoms with E-state index in [1.807, 2.05) is 24.3 Å². The molecule has 0 saturated carbocycles. The smallest absolute Gasteiger partial charge is 0.222 e. The first-order valence-corrected chi connectivity index (χ1v) is 7.61. The van der Waals surface area contributed by atoms with Gasteiger partial charge in [-0.25, -0.2) is 15.0 Å². The Balaban J connectivity index is 2.14. The van der Waals surface area contributed by atoms with Crippen molar-refractivity contribution in [1.29, 1.82) is 5.26 Å². The van der Waals surface area contributed by atoms with E-state index in [0.717, 1.165) is 10.2 Å². The Kier molecular flexibility index (Phi) is 3.66. The molecule has 4 nitrogen and oxygen atoms in total. The molecule has 0 aliphatic rings.